The van der Waals surface area contributed by atoms with Gasteiger partial charge in [0.2, 0.25) is 0 Å². The highest BCUT2D eigenvalue weighted by Gasteiger charge is 2.41. The first-order valence-corrected chi connectivity index (χ1v) is 10.5. The van der Waals surface area contributed by atoms with E-state index in [1.54, 1.807) is 23.9 Å². The molecule has 1 N–H and O–H groups in total. The van der Waals surface area contributed by atoms with Crippen LogP contribution in [-0.2, 0) is 4.79 Å². The molecule has 0 aromatic heterocycles. The third-order valence-corrected chi connectivity index (χ3v) is 7.24. The lowest BCUT2D eigenvalue weighted by Gasteiger charge is -2.26. The van der Waals surface area contributed by atoms with Gasteiger partial charge in [-0.2, -0.15) is 0 Å². The minimum Gasteiger partial charge on any atom is -0.322 e. The number of ketones is 1. The lowest BCUT2D eigenvalue weighted by atomic mass is 9.87. The summed E-state index contributed by atoms with van der Waals surface area (Å²) in [5.41, 5.74) is 0.0785. The van der Waals surface area contributed by atoms with Gasteiger partial charge in [-0.05, 0) is 43.9 Å². The number of anilines is 1. The fourth-order valence-corrected chi connectivity index (χ4v) is 5.70. The van der Waals surface area contributed by atoms with E-state index in [1.165, 1.54) is 6.07 Å². The number of fused-ring (bicyclic) bond motifs is 2. The van der Waals surface area contributed by atoms with Crippen LogP contribution in [0.3, 0.4) is 0 Å². The van der Waals surface area contributed by atoms with E-state index in [2.05, 4.69) is 5.32 Å². The van der Waals surface area contributed by atoms with Crippen molar-refractivity contribution in [3.05, 3.63) is 58.4 Å². The fraction of sp³-hybridized carbons (Fsp3) is 0.333. The van der Waals surface area contributed by atoms with Crippen LogP contribution >= 0.6 is 23.4 Å². The summed E-state index contributed by atoms with van der Waals surface area (Å²) in [5, 5.41) is 3.11. The van der Waals surface area contributed by atoms with Crippen molar-refractivity contribution in [2.45, 2.75) is 35.8 Å². The van der Waals surface area contributed by atoms with Gasteiger partial charge in [0.1, 0.15) is 5.78 Å². The van der Waals surface area contributed by atoms with Crippen LogP contribution in [0.1, 0.15) is 36.0 Å². The van der Waals surface area contributed by atoms with Crippen molar-refractivity contribution in [2.75, 3.05) is 5.32 Å². The molecule has 2 saturated carbocycles. The maximum Gasteiger partial charge on any atom is 0.255 e. The van der Waals surface area contributed by atoms with Gasteiger partial charge in [0.25, 0.3) is 5.91 Å². The van der Waals surface area contributed by atoms with E-state index in [1.807, 2.05) is 0 Å². The lowest BCUT2D eigenvalue weighted by Crippen LogP contribution is -2.27. The predicted molar refractivity (Wildman–Crippen MR) is 106 cm³/mol. The molecule has 2 bridgehead atoms. The van der Waals surface area contributed by atoms with Gasteiger partial charge in [0.15, 0.2) is 17.5 Å². The average molecular weight is 440 g/mol. The number of hydrogen-bond acceptors (Lipinski definition) is 3. The second-order valence-corrected chi connectivity index (χ2v) is 9.19. The lowest BCUT2D eigenvalue weighted by molar-refractivity contribution is -0.125. The van der Waals surface area contributed by atoms with E-state index in [4.69, 9.17) is 11.6 Å². The highest BCUT2D eigenvalue weighted by Crippen LogP contribution is 2.46. The summed E-state index contributed by atoms with van der Waals surface area (Å²) in [4.78, 5) is 25.3. The van der Waals surface area contributed by atoms with Crippen molar-refractivity contribution in [1.29, 1.82) is 0 Å². The summed E-state index contributed by atoms with van der Waals surface area (Å²) in [5.74, 6) is -4.32. The third-order valence-electron chi connectivity index (χ3n) is 5.49. The molecule has 1 unspecified atom stereocenters. The third kappa shape index (κ3) is 4.16. The molecule has 0 spiro atoms. The smallest absolute Gasteiger partial charge is 0.255 e. The van der Waals surface area contributed by atoms with Gasteiger partial charge >= 0.3 is 0 Å². The molecule has 152 valence electrons. The summed E-state index contributed by atoms with van der Waals surface area (Å²) in [6.45, 7) is 0. The van der Waals surface area contributed by atoms with E-state index in [9.17, 15) is 22.8 Å². The first kappa shape index (κ1) is 20.3. The number of Topliss-reactive ketones (excluding diaryl/α,β-unsaturated/α-hetero) is 1. The molecule has 0 saturated heterocycles. The van der Waals surface area contributed by atoms with Crippen LogP contribution in [0.5, 0.6) is 0 Å². The van der Waals surface area contributed by atoms with E-state index in [0.717, 1.165) is 42.7 Å². The van der Waals surface area contributed by atoms with Crippen LogP contribution in [0.4, 0.5) is 18.9 Å². The Morgan fingerprint density at radius 1 is 1.03 bits per heavy atom. The Morgan fingerprint density at radius 2 is 1.66 bits per heavy atom. The summed E-state index contributed by atoms with van der Waals surface area (Å²) in [6, 6.07) is 6.16. The van der Waals surface area contributed by atoms with E-state index < -0.39 is 23.4 Å². The number of benzene rings is 2. The molecular formula is C21H17ClF3NO2S. The van der Waals surface area contributed by atoms with Gasteiger partial charge in [-0.15, -0.1) is 11.8 Å². The summed E-state index contributed by atoms with van der Waals surface area (Å²) < 4.78 is 39.8. The van der Waals surface area contributed by atoms with Crippen molar-refractivity contribution >= 4 is 40.7 Å². The Kier molecular flexibility index (Phi) is 5.62. The minimum atomic E-state index is -1.59. The number of rotatable bonds is 4. The molecule has 2 aromatic carbocycles. The molecule has 3 atom stereocenters. The number of halogens is 4. The first-order valence-electron chi connectivity index (χ1n) is 9.27. The number of carbonyl (C=O) groups excluding carboxylic acids is 2. The number of nitrogens with one attached hydrogen (secondary N) is 1. The molecule has 0 radical (unpaired) electrons. The standard InChI is InChI=1S/C21H17ClF3NO2S/c22-15-4-3-12(21(28)26-13-8-16(23)19(25)17(24)9-13)7-18(15)29-14-5-10-1-2-11(6-14)20(10)27/h3-4,7-11,14H,1-2,5-6H2,(H,26,28)/t10-,11+,14?. The summed E-state index contributed by atoms with van der Waals surface area (Å²) >= 11 is 7.85. The number of carbonyl (C=O) groups is 2. The van der Waals surface area contributed by atoms with Crippen LogP contribution < -0.4 is 5.32 Å². The SMILES string of the molecule is O=C(Nc1cc(F)c(F)c(F)c1)c1ccc(Cl)c(SC2C[C@H]3CC[C@@H](C2)C3=O)c1. The predicted octanol–water partition coefficient (Wildman–Crippen LogP) is 5.86. The molecule has 0 aliphatic heterocycles. The topological polar surface area (TPSA) is 46.2 Å². The Morgan fingerprint density at radius 3 is 2.28 bits per heavy atom. The maximum absolute atomic E-state index is 13.4. The largest absolute Gasteiger partial charge is 0.322 e. The Hall–Kier alpha value is -1.99. The van der Waals surface area contributed by atoms with Gasteiger partial charge in [0, 0.05) is 45.4 Å². The number of amides is 1. The van der Waals surface area contributed by atoms with Crippen LogP contribution in [0.2, 0.25) is 5.02 Å². The van der Waals surface area contributed by atoms with Crippen molar-refractivity contribution in [3.8, 4) is 0 Å². The summed E-state index contributed by atoms with van der Waals surface area (Å²) in [7, 11) is 0. The van der Waals surface area contributed by atoms with Crippen LogP contribution in [0.15, 0.2) is 35.2 Å². The maximum atomic E-state index is 13.4. The molecular weight excluding hydrogens is 423 g/mol. The highest BCUT2D eigenvalue weighted by molar-refractivity contribution is 8.00. The van der Waals surface area contributed by atoms with Crippen molar-refractivity contribution in [3.63, 3.8) is 0 Å². The second kappa shape index (κ2) is 8.03. The molecule has 1 amide bonds. The normalized spacial score (nSPS) is 23.3. The number of thioether (sulfide) groups is 1. The fourth-order valence-electron chi connectivity index (χ4n) is 4.06. The van der Waals surface area contributed by atoms with E-state index in [-0.39, 0.29) is 28.3 Å². The monoisotopic (exact) mass is 439 g/mol. The van der Waals surface area contributed by atoms with Gasteiger partial charge in [-0.25, -0.2) is 13.2 Å². The van der Waals surface area contributed by atoms with Crippen LogP contribution in [0, 0.1) is 29.3 Å². The number of hydrogen-bond donors (Lipinski definition) is 1. The van der Waals surface area contributed by atoms with Crippen molar-refractivity contribution in [2.24, 2.45) is 11.8 Å². The van der Waals surface area contributed by atoms with Crippen LogP contribution in [0.25, 0.3) is 0 Å². The second-order valence-electron chi connectivity index (χ2n) is 7.44. The minimum absolute atomic E-state index is 0.125. The molecule has 2 aliphatic rings. The molecule has 29 heavy (non-hydrogen) atoms. The molecule has 3 nitrogen and oxygen atoms in total. The zero-order chi connectivity index (χ0) is 20.7. The molecule has 8 heteroatoms. The quantitative estimate of drug-likeness (QED) is 0.607. The Balaban J connectivity index is 1.49. The van der Waals surface area contributed by atoms with Crippen molar-refractivity contribution in [1.82, 2.24) is 0 Å². The molecule has 2 aromatic rings. The van der Waals surface area contributed by atoms with Gasteiger partial charge < -0.3 is 5.32 Å². The van der Waals surface area contributed by atoms with Gasteiger partial charge in [-0.3, -0.25) is 9.59 Å². The molecule has 4 rings (SSSR count). The Bertz CT molecular complexity index is 961. The zero-order valence-corrected chi connectivity index (χ0v) is 16.8. The molecule has 2 fully saturated rings. The van der Waals surface area contributed by atoms with Gasteiger partial charge in [-0.1, -0.05) is 11.6 Å². The van der Waals surface area contributed by atoms with E-state index >= 15 is 0 Å². The van der Waals surface area contributed by atoms with Crippen LogP contribution in [-0.4, -0.2) is 16.9 Å². The summed E-state index contributed by atoms with van der Waals surface area (Å²) in [6.07, 6.45) is 3.50. The van der Waals surface area contributed by atoms with E-state index in [0.29, 0.717) is 10.8 Å². The highest BCUT2D eigenvalue weighted by atomic mass is 35.5. The molecule has 0 heterocycles. The van der Waals surface area contributed by atoms with Crippen molar-refractivity contribution < 1.29 is 22.8 Å². The molecule has 2 aliphatic carbocycles. The van der Waals surface area contributed by atoms with Gasteiger partial charge in [0.05, 0.1) is 5.02 Å². The first-order chi connectivity index (χ1) is 13.8. The average Bonchev–Trinajstić information content (AvgIpc) is 2.89. The Labute approximate surface area is 175 Å². The zero-order valence-electron chi connectivity index (χ0n) is 15.2.